The molecule has 0 spiro atoms. The maximum Gasteiger partial charge on any atom is 0.251 e. The van der Waals surface area contributed by atoms with Crippen LogP contribution in [-0.2, 0) is 29.5 Å². The number of carbonyl (C=O) groups excluding carboxylic acids is 1. The van der Waals surface area contributed by atoms with Crippen LogP contribution in [-0.4, -0.2) is 25.9 Å². The van der Waals surface area contributed by atoms with Gasteiger partial charge in [0.2, 0.25) is 10.0 Å². The number of nitrogens with two attached hydrogens (primary N) is 1. The quantitative estimate of drug-likeness (QED) is 0.736. The molecule has 1 aromatic heterocycles. The highest BCUT2D eigenvalue weighted by Crippen LogP contribution is 2.21. The molecular weight excluding hydrogens is 352 g/mol. The SMILES string of the molecule is Cc1ccc(S(N)(=O)=O)cc1C(=O)NCc1c(C)ncc2c1CCNC2. The van der Waals surface area contributed by atoms with Crippen LogP contribution in [0, 0.1) is 13.8 Å². The van der Waals surface area contributed by atoms with Crippen molar-refractivity contribution in [3.63, 3.8) is 0 Å². The van der Waals surface area contributed by atoms with Crippen molar-refractivity contribution in [2.45, 2.75) is 38.3 Å². The van der Waals surface area contributed by atoms with Crippen LogP contribution in [0.4, 0.5) is 0 Å². The number of hydrogen-bond donors (Lipinski definition) is 3. The van der Waals surface area contributed by atoms with Crippen LogP contribution in [0.3, 0.4) is 0 Å². The van der Waals surface area contributed by atoms with Crippen LogP contribution in [0.2, 0.25) is 0 Å². The van der Waals surface area contributed by atoms with Gasteiger partial charge in [-0.3, -0.25) is 9.78 Å². The van der Waals surface area contributed by atoms with E-state index in [0.717, 1.165) is 36.3 Å². The fraction of sp³-hybridized carbons (Fsp3) is 0.333. The molecule has 26 heavy (non-hydrogen) atoms. The molecule has 0 saturated carbocycles. The number of carbonyl (C=O) groups is 1. The molecule has 3 rings (SSSR count). The average molecular weight is 374 g/mol. The van der Waals surface area contributed by atoms with Crippen molar-refractivity contribution < 1.29 is 13.2 Å². The first-order valence-electron chi connectivity index (χ1n) is 8.36. The molecule has 1 aromatic carbocycles. The van der Waals surface area contributed by atoms with Crippen LogP contribution in [0.1, 0.15) is 38.3 Å². The molecule has 0 radical (unpaired) electrons. The van der Waals surface area contributed by atoms with E-state index >= 15 is 0 Å². The van der Waals surface area contributed by atoms with E-state index in [1.54, 1.807) is 13.0 Å². The van der Waals surface area contributed by atoms with Gasteiger partial charge in [0, 0.05) is 30.5 Å². The van der Waals surface area contributed by atoms with E-state index < -0.39 is 10.0 Å². The number of nitrogens with zero attached hydrogens (tertiary/aromatic N) is 1. The van der Waals surface area contributed by atoms with Gasteiger partial charge in [0.25, 0.3) is 5.91 Å². The third kappa shape index (κ3) is 3.77. The molecule has 7 nitrogen and oxygen atoms in total. The summed E-state index contributed by atoms with van der Waals surface area (Å²) >= 11 is 0. The van der Waals surface area contributed by atoms with E-state index in [9.17, 15) is 13.2 Å². The molecular formula is C18H22N4O3S. The maximum absolute atomic E-state index is 12.6. The fourth-order valence-electron chi connectivity index (χ4n) is 3.16. The lowest BCUT2D eigenvalue weighted by Gasteiger charge is -2.21. The average Bonchev–Trinajstić information content (AvgIpc) is 2.60. The number of rotatable bonds is 4. The Kier molecular flexibility index (Phi) is 5.08. The summed E-state index contributed by atoms with van der Waals surface area (Å²) in [5, 5.41) is 11.4. The summed E-state index contributed by atoms with van der Waals surface area (Å²) in [5.41, 5.74) is 5.28. The van der Waals surface area contributed by atoms with Crippen molar-refractivity contribution in [1.82, 2.24) is 15.6 Å². The number of sulfonamides is 1. The summed E-state index contributed by atoms with van der Waals surface area (Å²) in [6.45, 7) is 5.70. The van der Waals surface area contributed by atoms with Gasteiger partial charge in [-0.25, -0.2) is 13.6 Å². The Hall–Kier alpha value is -2.29. The second-order valence-corrected chi connectivity index (χ2v) is 8.02. The number of aromatic nitrogens is 1. The molecule has 4 N–H and O–H groups in total. The lowest BCUT2D eigenvalue weighted by Crippen LogP contribution is -2.29. The van der Waals surface area contributed by atoms with Crippen LogP contribution in [0.15, 0.2) is 29.3 Å². The predicted molar refractivity (Wildman–Crippen MR) is 98.1 cm³/mol. The first-order chi connectivity index (χ1) is 12.3. The highest BCUT2D eigenvalue weighted by molar-refractivity contribution is 7.89. The molecule has 2 heterocycles. The van der Waals surface area contributed by atoms with E-state index in [4.69, 9.17) is 5.14 Å². The first kappa shape index (κ1) is 18.5. The molecule has 0 fully saturated rings. The zero-order chi connectivity index (χ0) is 18.9. The highest BCUT2D eigenvalue weighted by Gasteiger charge is 2.18. The Morgan fingerprint density at radius 1 is 1.35 bits per heavy atom. The minimum atomic E-state index is -3.86. The molecule has 1 aliphatic heterocycles. The standard InChI is InChI=1S/C18H22N4O3S/c1-11-3-4-14(26(19,24)25)7-16(11)18(23)22-10-17-12(2)21-9-13-8-20-6-5-15(13)17/h3-4,7,9,20H,5-6,8,10H2,1-2H3,(H,22,23)(H2,19,24,25). The minimum Gasteiger partial charge on any atom is -0.348 e. The van der Waals surface area contributed by atoms with Gasteiger partial charge in [0.05, 0.1) is 4.90 Å². The Morgan fingerprint density at radius 3 is 2.85 bits per heavy atom. The predicted octanol–water partition coefficient (Wildman–Crippen LogP) is 0.922. The maximum atomic E-state index is 12.6. The monoisotopic (exact) mass is 374 g/mol. The van der Waals surface area contributed by atoms with Crippen LogP contribution < -0.4 is 15.8 Å². The molecule has 0 bridgehead atoms. The Balaban J connectivity index is 1.84. The number of pyridine rings is 1. The van der Waals surface area contributed by atoms with Gasteiger partial charge in [0.15, 0.2) is 0 Å². The smallest absolute Gasteiger partial charge is 0.251 e. The first-order valence-corrected chi connectivity index (χ1v) is 9.90. The highest BCUT2D eigenvalue weighted by atomic mass is 32.2. The molecule has 1 amide bonds. The number of aryl methyl sites for hydroxylation is 2. The van der Waals surface area contributed by atoms with Gasteiger partial charge in [-0.05, 0) is 61.2 Å². The van der Waals surface area contributed by atoms with Crippen molar-refractivity contribution in [2.24, 2.45) is 5.14 Å². The molecule has 0 unspecified atom stereocenters. The zero-order valence-electron chi connectivity index (χ0n) is 14.8. The summed E-state index contributed by atoms with van der Waals surface area (Å²) in [6, 6.07) is 4.29. The number of primary sulfonamides is 1. The van der Waals surface area contributed by atoms with Crippen molar-refractivity contribution in [3.8, 4) is 0 Å². The van der Waals surface area contributed by atoms with Crippen LogP contribution >= 0.6 is 0 Å². The van der Waals surface area contributed by atoms with Crippen molar-refractivity contribution in [3.05, 3.63) is 57.9 Å². The molecule has 0 atom stereocenters. The number of fused-ring (bicyclic) bond motifs is 1. The topological polar surface area (TPSA) is 114 Å². The summed E-state index contributed by atoms with van der Waals surface area (Å²) in [7, 11) is -3.86. The van der Waals surface area contributed by atoms with Crippen molar-refractivity contribution in [1.29, 1.82) is 0 Å². The molecule has 0 aliphatic carbocycles. The number of nitrogens with one attached hydrogen (secondary N) is 2. The van der Waals surface area contributed by atoms with Gasteiger partial charge >= 0.3 is 0 Å². The third-order valence-electron chi connectivity index (χ3n) is 4.68. The largest absolute Gasteiger partial charge is 0.348 e. The van der Waals surface area contributed by atoms with Gasteiger partial charge < -0.3 is 10.6 Å². The van der Waals surface area contributed by atoms with Gasteiger partial charge in [0.1, 0.15) is 0 Å². The second-order valence-electron chi connectivity index (χ2n) is 6.46. The summed E-state index contributed by atoms with van der Waals surface area (Å²) in [4.78, 5) is 17.0. The molecule has 0 saturated heterocycles. The van der Waals surface area contributed by atoms with E-state index in [2.05, 4.69) is 15.6 Å². The lowest BCUT2D eigenvalue weighted by atomic mass is 9.96. The minimum absolute atomic E-state index is 0.0748. The van der Waals surface area contributed by atoms with E-state index in [0.29, 0.717) is 17.7 Å². The zero-order valence-corrected chi connectivity index (χ0v) is 15.6. The van der Waals surface area contributed by atoms with Crippen molar-refractivity contribution >= 4 is 15.9 Å². The Labute approximate surface area is 153 Å². The number of hydrogen-bond acceptors (Lipinski definition) is 5. The van der Waals surface area contributed by atoms with Crippen molar-refractivity contribution in [2.75, 3.05) is 6.54 Å². The van der Waals surface area contributed by atoms with E-state index in [-0.39, 0.29) is 10.8 Å². The molecule has 2 aromatic rings. The molecule has 1 aliphatic rings. The van der Waals surface area contributed by atoms with Gasteiger partial charge in [-0.15, -0.1) is 0 Å². The summed E-state index contributed by atoms with van der Waals surface area (Å²) < 4.78 is 23.1. The van der Waals surface area contributed by atoms with Crippen LogP contribution in [0.5, 0.6) is 0 Å². The van der Waals surface area contributed by atoms with E-state index in [1.165, 1.54) is 17.7 Å². The van der Waals surface area contributed by atoms with Gasteiger partial charge in [-0.2, -0.15) is 0 Å². The summed E-state index contributed by atoms with van der Waals surface area (Å²) in [6.07, 6.45) is 2.77. The molecule has 138 valence electrons. The fourth-order valence-corrected chi connectivity index (χ4v) is 3.70. The van der Waals surface area contributed by atoms with Gasteiger partial charge in [-0.1, -0.05) is 6.07 Å². The lowest BCUT2D eigenvalue weighted by molar-refractivity contribution is 0.0950. The van der Waals surface area contributed by atoms with Crippen LogP contribution in [0.25, 0.3) is 0 Å². The normalized spacial score (nSPS) is 14.0. The molecule has 8 heteroatoms. The number of benzene rings is 1. The Morgan fingerprint density at radius 2 is 2.12 bits per heavy atom. The second kappa shape index (κ2) is 7.14. The van der Waals surface area contributed by atoms with E-state index in [1.807, 2.05) is 13.1 Å². The third-order valence-corrected chi connectivity index (χ3v) is 5.59. The summed E-state index contributed by atoms with van der Waals surface area (Å²) in [5.74, 6) is -0.334. The Bertz CT molecular complexity index is 971. The number of amides is 1.